The first-order valence-electron chi connectivity index (χ1n) is 7.95. The van der Waals surface area contributed by atoms with Crippen molar-refractivity contribution < 1.29 is 0 Å². The molecule has 3 saturated heterocycles. The first-order valence-corrected chi connectivity index (χ1v) is 7.95. The van der Waals surface area contributed by atoms with Crippen molar-refractivity contribution in [3.63, 3.8) is 0 Å². The van der Waals surface area contributed by atoms with Crippen molar-refractivity contribution in [2.24, 2.45) is 11.7 Å². The number of piperidine rings is 2. The lowest BCUT2D eigenvalue weighted by Gasteiger charge is -2.50. The number of hydrogen-bond acceptors (Lipinski definition) is 3. The lowest BCUT2D eigenvalue weighted by Crippen LogP contribution is -2.63. The largest absolute Gasteiger partial charge is 0.329 e. The van der Waals surface area contributed by atoms with Crippen LogP contribution in [0.5, 0.6) is 0 Å². The fourth-order valence-electron chi connectivity index (χ4n) is 4.70. The normalized spacial score (nSPS) is 43.0. The summed E-state index contributed by atoms with van der Waals surface area (Å²) in [5.41, 5.74) is 6.60. The molecule has 3 aliphatic heterocycles. The molecule has 3 unspecified atom stereocenters. The maximum Gasteiger partial charge on any atom is 0.0498 e. The average Bonchev–Trinajstić information content (AvgIpc) is 2.79. The summed E-state index contributed by atoms with van der Waals surface area (Å²) < 4.78 is 0. The van der Waals surface area contributed by atoms with Crippen molar-refractivity contribution in [1.82, 2.24) is 9.80 Å². The molecule has 0 aromatic carbocycles. The molecule has 3 fully saturated rings. The van der Waals surface area contributed by atoms with Crippen LogP contribution in [0, 0.1) is 5.92 Å². The quantitative estimate of drug-likeness (QED) is 0.810. The van der Waals surface area contributed by atoms with E-state index in [0.717, 1.165) is 18.5 Å². The molecule has 3 atom stereocenters. The third-order valence-electron chi connectivity index (χ3n) is 5.71. The Kier molecular flexibility index (Phi) is 3.65. The highest BCUT2D eigenvalue weighted by Gasteiger charge is 2.50. The highest BCUT2D eigenvalue weighted by atomic mass is 15.3. The van der Waals surface area contributed by atoms with E-state index in [1.54, 1.807) is 0 Å². The van der Waals surface area contributed by atoms with Crippen LogP contribution in [-0.4, -0.2) is 54.1 Å². The fourth-order valence-corrected chi connectivity index (χ4v) is 4.70. The van der Waals surface area contributed by atoms with Gasteiger partial charge in [0.25, 0.3) is 0 Å². The number of nitrogens with zero attached hydrogens (tertiary/aromatic N) is 2. The van der Waals surface area contributed by atoms with Gasteiger partial charge in [-0.1, -0.05) is 13.3 Å². The highest BCUT2D eigenvalue weighted by molar-refractivity contribution is 5.09. The van der Waals surface area contributed by atoms with Crippen molar-refractivity contribution in [1.29, 1.82) is 0 Å². The van der Waals surface area contributed by atoms with Gasteiger partial charge in [-0.25, -0.2) is 0 Å². The second kappa shape index (κ2) is 5.10. The summed E-state index contributed by atoms with van der Waals surface area (Å²) in [6.45, 7) is 8.43. The number of nitrogens with two attached hydrogens (primary N) is 1. The summed E-state index contributed by atoms with van der Waals surface area (Å²) in [7, 11) is 0. The van der Waals surface area contributed by atoms with Crippen molar-refractivity contribution in [2.75, 3.05) is 32.7 Å². The summed E-state index contributed by atoms with van der Waals surface area (Å²) in [4.78, 5) is 5.51. The molecule has 104 valence electrons. The Bertz CT molecular complexity index is 293. The van der Waals surface area contributed by atoms with Crippen LogP contribution in [0.3, 0.4) is 0 Å². The summed E-state index contributed by atoms with van der Waals surface area (Å²) in [6.07, 6.45) is 8.27. The van der Waals surface area contributed by atoms with Crippen LogP contribution in [0.15, 0.2) is 0 Å². The van der Waals surface area contributed by atoms with Crippen LogP contribution in [0.25, 0.3) is 0 Å². The molecule has 0 aliphatic carbocycles. The molecule has 0 aromatic rings. The van der Waals surface area contributed by atoms with Crippen LogP contribution in [0.2, 0.25) is 0 Å². The SMILES string of the molecule is CC1CCCN(C2(CN)CCN3CCCCC32)C1. The fraction of sp³-hybridized carbons (Fsp3) is 1.00. The Morgan fingerprint density at radius 3 is 2.78 bits per heavy atom. The second-order valence-corrected chi connectivity index (χ2v) is 6.80. The van der Waals surface area contributed by atoms with Crippen LogP contribution in [0.4, 0.5) is 0 Å². The smallest absolute Gasteiger partial charge is 0.0498 e. The highest BCUT2D eigenvalue weighted by Crippen LogP contribution is 2.40. The minimum absolute atomic E-state index is 0.315. The lowest BCUT2D eigenvalue weighted by atomic mass is 9.81. The molecule has 18 heavy (non-hydrogen) atoms. The van der Waals surface area contributed by atoms with Crippen molar-refractivity contribution in [3.8, 4) is 0 Å². The van der Waals surface area contributed by atoms with Crippen LogP contribution in [0.1, 0.15) is 45.4 Å². The predicted molar refractivity (Wildman–Crippen MR) is 75.6 cm³/mol. The second-order valence-electron chi connectivity index (χ2n) is 6.80. The Labute approximate surface area is 112 Å². The van der Waals surface area contributed by atoms with Gasteiger partial charge in [0.2, 0.25) is 0 Å². The zero-order chi connectivity index (χ0) is 12.6. The average molecular weight is 251 g/mol. The van der Waals surface area contributed by atoms with E-state index in [1.807, 2.05) is 0 Å². The minimum atomic E-state index is 0.315. The van der Waals surface area contributed by atoms with E-state index >= 15 is 0 Å². The molecule has 2 N–H and O–H groups in total. The maximum atomic E-state index is 6.28. The molecule has 0 spiro atoms. The van der Waals surface area contributed by atoms with Gasteiger partial charge in [-0.2, -0.15) is 0 Å². The van der Waals surface area contributed by atoms with Crippen LogP contribution in [-0.2, 0) is 0 Å². The van der Waals surface area contributed by atoms with Gasteiger partial charge in [-0.05, 0) is 51.1 Å². The van der Waals surface area contributed by atoms with E-state index in [0.29, 0.717) is 5.54 Å². The van der Waals surface area contributed by atoms with E-state index in [-0.39, 0.29) is 0 Å². The van der Waals surface area contributed by atoms with E-state index in [9.17, 15) is 0 Å². The topological polar surface area (TPSA) is 32.5 Å². The first-order chi connectivity index (χ1) is 8.76. The summed E-state index contributed by atoms with van der Waals surface area (Å²) in [5.74, 6) is 0.861. The third-order valence-corrected chi connectivity index (χ3v) is 5.71. The van der Waals surface area contributed by atoms with E-state index in [4.69, 9.17) is 5.73 Å². The zero-order valence-corrected chi connectivity index (χ0v) is 11.9. The molecule has 3 rings (SSSR count). The first kappa shape index (κ1) is 12.9. The maximum absolute atomic E-state index is 6.28. The van der Waals surface area contributed by atoms with Crippen molar-refractivity contribution in [2.45, 2.75) is 57.0 Å². The van der Waals surface area contributed by atoms with Crippen LogP contribution < -0.4 is 5.73 Å². The van der Waals surface area contributed by atoms with Gasteiger partial charge in [0.1, 0.15) is 0 Å². The summed E-state index contributed by atoms with van der Waals surface area (Å²) in [6, 6.07) is 0.751. The van der Waals surface area contributed by atoms with Gasteiger partial charge in [-0.15, -0.1) is 0 Å². The Balaban J connectivity index is 1.80. The molecule has 0 aromatic heterocycles. The van der Waals surface area contributed by atoms with Gasteiger partial charge < -0.3 is 5.73 Å². The minimum Gasteiger partial charge on any atom is -0.329 e. The molecule has 0 radical (unpaired) electrons. The van der Waals surface area contributed by atoms with Gasteiger partial charge in [0.05, 0.1) is 0 Å². The van der Waals surface area contributed by atoms with Crippen molar-refractivity contribution >= 4 is 0 Å². The number of likely N-dealkylation sites (tertiary alicyclic amines) is 1. The van der Waals surface area contributed by atoms with E-state index in [1.165, 1.54) is 64.7 Å². The predicted octanol–water partition coefficient (Wildman–Crippen LogP) is 1.67. The molecule has 3 aliphatic rings. The molecule has 0 amide bonds. The number of rotatable bonds is 2. The Morgan fingerprint density at radius 2 is 2.00 bits per heavy atom. The van der Waals surface area contributed by atoms with Crippen molar-refractivity contribution in [3.05, 3.63) is 0 Å². The van der Waals surface area contributed by atoms with Crippen LogP contribution >= 0.6 is 0 Å². The summed E-state index contributed by atoms with van der Waals surface area (Å²) >= 11 is 0. The summed E-state index contributed by atoms with van der Waals surface area (Å²) in [5, 5.41) is 0. The van der Waals surface area contributed by atoms with E-state index in [2.05, 4.69) is 16.7 Å². The monoisotopic (exact) mass is 251 g/mol. The Morgan fingerprint density at radius 1 is 1.11 bits per heavy atom. The third kappa shape index (κ3) is 2.00. The molecular formula is C15H29N3. The molecule has 3 heterocycles. The molecule has 3 nitrogen and oxygen atoms in total. The van der Waals surface area contributed by atoms with Gasteiger partial charge in [0.15, 0.2) is 0 Å². The van der Waals surface area contributed by atoms with Gasteiger partial charge in [0, 0.05) is 31.2 Å². The standard InChI is InChI=1S/C15H29N3/c1-13-5-4-9-18(11-13)15(12-16)7-10-17-8-3-2-6-14(15)17/h13-14H,2-12,16H2,1H3. The number of hydrogen-bond donors (Lipinski definition) is 1. The van der Waals surface area contributed by atoms with E-state index < -0.39 is 0 Å². The lowest BCUT2D eigenvalue weighted by molar-refractivity contribution is 0.0111. The van der Waals surface area contributed by atoms with Gasteiger partial charge >= 0.3 is 0 Å². The number of fused-ring (bicyclic) bond motifs is 1. The van der Waals surface area contributed by atoms with Gasteiger partial charge in [-0.3, -0.25) is 9.80 Å². The molecular weight excluding hydrogens is 222 g/mol. The Hall–Kier alpha value is -0.120. The molecule has 0 saturated carbocycles. The zero-order valence-electron chi connectivity index (χ0n) is 11.9. The molecule has 0 bridgehead atoms. The molecule has 3 heteroatoms.